The van der Waals surface area contributed by atoms with Gasteiger partial charge in [0.2, 0.25) is 5.78 Å². The first-order chi connectivity index (χ1) is 8.65. The Morgan fingerprint density at radius 2 is 2.11 bits per heavy atom. The van der Waals surface area contributed by atoms with Gasteiger partial charge in [-0.2, -0.15) is 0 Å². The molecule has 1 aliphatic rings. The van der Waals surface area contributed by atoms with Crippen molar-refractivity contribution in [3.8, 4) is 5.75 Å². The summed E-state index contributed by atoms with van der Waals surface area (Å²) in [6.45, 7) is 0.598. The maximum absolute atomic E-state index is 12.4. The maximum atomic E-state index is 12.4. The maximum Gasteiger partial charge on any atom is 0.206 e. The smallest absolute Gasteiger partial charge is 0.206 e. The summed E-state index contributed by atoms with van der Waals surface area (Å²) in [5.41, 5.74) is 1.52. The highest BCUT2D eigenvalue weighted by Gasteiger charge is 2.23. The molecule has 0 atom stereocenters. The standard InChI is InChI=1S/C13H8Cl2O2S/c14-8-5-7-3-4-17-13(7)9(6-8)12(16)10-1-2-11(15)18-10/h1-2,5-6H,3-4H2. The molecule has 0 fully saturated rings. The van der Waals surface area contributed by atoms with Gasteiger partial charge in [-0.3, -0.25) is 4.79 Å². The zero-order chi connectivity index (χ0) is 12.7. The minimum Gasteiger partial charge on any atom is -0.492 e. The molecule has 0 bridgehead atoms. The van der Waals surface area contributed by atoms with Crippen molar-refractivity contribution in [1.82, 2.24) is 0 Å². The molecule has 1 aromatic heterocycles. The SMILES string of the molecule is O=C(c1ccc(Cl)s1)c1cc(Cl)cc2c1OCC2. The van der Waals surface area contributed by atoms with Crippen molar-refractivity contribution >= 4 is 40.3 Å². The summed E-state index contributed by atoms with van der Waals surface area (Å²) >= 11 is 13.1. The molecule has 1 aliphatic heterocycles. The summed E-state index contributed by atoms with van der Waals surface area (Å²) < 4.78 is 6.12. The molecule has 2 nitrogen and oxygen atoms in total. The molecule has 0 saturated heterocycles. The lowest BCUT2D eigenvalue weighted by Crippen LogP contribution is -2.01. The molecular weight excluding hydrogens is 291 g/mol. The average Bonchev–Trinajstić information content (AvgIpc) is 2.95. The predicted molar refractivity (Wildman–Crippen MR) is 73.4 cm³/mol. The average molecular weight is 299 g/mol. The number of hydrogen-bond acceptors (Lipinski definition) is 3. The van der Waals surface area contributed by atoms with Crippen molar-refractivity contribution in [1.29, 1.82) is 0 Å². The van der Waals surface area contributed by atoms with E-state index in [9.17, 15) is 4.79 Å². The van der Waals surface area contributed by atoms with Crippen LogP contribution in [0.4, 0.5) is 0 Å². The first kappa shape index (κ1) is 12.0. The van der Waals surface area contributed by atoms with Crippen LogP contribution in [0.3, 0.4) is 0 Å². The number of hydrogen-bond donors (Lipinski definition) is 0. The van der Waals surface area contributed by atoms with Crippen LogP contribution in [-0.2, 0) is 6.42 Å². The number of carbonyl (C=O) groups is 1. The summed E-state index contributed by atoms with van der Waals surface area (Å²) in [4.78, 5) is 13.0. The third-order valence-corrected chi connectivity index (χ3v) is 4.24. The van der Waals surface area contributed by atoms with E-state index in [-0.39, 0.29) is 5.78 Å². The normalized spacial score (nSPS) is 13.2. The van der Waals surface area contributed by atoms with E-state index in [1.807, 2.05) is 6.07 Å². The van der Waals surface area contributed by atoms with Crippen LogP contribution in [0.25, 0.3) is 0 Å². The van der Waals surface area contributed by atoms with Gasteiger partial charge in [0.15, 0.2) is 0 Å². The minimum atomic E-state index is -0.0902. The largest absolute Gasteiger partial charge is 0.492 e. The lowest BCUT2D eigenvalue weighted by Gasteiger charge is -2.06. The highest BCUT2D eigenvalue weighted by atomic mass is 35.5. The third kappa shape index (κ3) is 2.03. The third-order valence-electron chi connectivity index (χ3n) is 2.79. The summed E-state index contributed by atoms with van der Waals surface area (Å²) in [7, 11) is 0. The second-order valence-corrected chi connectivity index (χ2v) is 6.12. The zero-order valence-corrected chi connectivity index (χ0v) is 11.5. The number of fused-ring (bicyclic) bond motifs is 1. The molecule has 0 spiro atoms. The lowest BCUT2D eigenvalue weighted by atomic mass is 10.0. The van der Waals surface area contributed by atoms with Crippen LogP contribution in [0.2, 0.25) is 9.36 Å². The van der Waals surface area contributed by atoms with Gasteiger partial charge in [-0.15, -0.1) is 11.3 Å². The van der Waals surface area contributed by atoms with E-state index in [0.717, 1.165) is 12.0 Å². The number of rotatable bonds is 2. The molecule has 0 saturated carbocycles. The monoisotopic (exact) mass is 298 g/mol. The van der Waals surface area contributed by atoms with Gasteiger partial charge >= 0.3 is 0 Å². The summed E-state index contributed by atoms with van der Waals surface area (Å²) in [6, 6.07) is 6.94. The molecule has 2 heterocycles. The molecule has 0 N–H and O–H groups in total. The zero-order valence-electron chi connectivity index (χ0n) is 9.20. The molecule has 2 aromatic rings. The van der Waals surface area contributed by atoms with Gasteiger partial charge in [-0.25, -0.2) is 0 Å². The van der Waals surface area contributed by atoms with E-state index in [1.54, 1.807) is 18.2 Å². The Morgan fingerprint density at radius 3 is 2.83 bits per heavy atom. The van der Waals surface area contributed by atoms with Crippen molar-refractivity contribution < 1.29 is 9.53 Å². The van der Waals surface area contributed by atoms with Gasteiger partial charge < -0.3 is 4.74 Å². The van der Waals surface area contributed by atoms with Crippen molar-refractivity contribution in [3.63, 3.8) is 0 Å². The van der Waals surface area contributed by atoms with Crippen molar-refractivity contribution in [3.05, 3.63) is 49.6 Å². The summed E-state index contributed by atoms with van der Waals surface area (Å²) in [5, 5.41) is 0.560. The molecule has 5 heteroatoms. The fourth-order valence-electron chi connectivity index (χ4n) is 2.01. The van der Waals surface area contributed by atoms with Gasteiger partial charge in [-0.05, 0) is 29.8 Å². The van der Waals surface area contributed by atoms with Crippen LogP contribution in [-0.4, -0.2) is 12.4 Å². The first-order valence-electron chi connectivity index (χ1n) is 5.40. The van der Waals surface area contributed by atoms with Crippen LogP contribution in [0.15, 0.2) is 24.3 Å². The molecule has 0 amide bonds. The van der Waals surface area contributed by atoms with Crippen molar-refractivity contribution in [2.24, 2.45) is 0 Å². The van der Waals surface area contributed by atoms with E-state index >= 15 is 0 Å². The fourth-order valence-corrected chi connectivity index (χ4v) is 3.25. The minimum absolute atomic E-state index is 0.0902. The lowest BCUT2D eigenvalue weighted by molar-refractivity contribution is 0.103. The summed E-state index contributed by atoms with van der Waals surface area (Å²) in [5.74, 6) is 0.571. The van der Waals surface area contributed by atoms with Crippen molar-refractivity contribution in [2.45, 2.75) is 6.42 Å². The fraction of sp³-hybridized carbons (Fsp3) is 0.154. The van der Waals surface area contributed by atoms with Gasteiger partial charge in [0, 0.05) is 11.4 Å². The Labute approximate surface area is 118 Å². The number of ether oxygens (including phenoxy) is 1. The number of benzene rings is 1. The van der Waals surface area contributed by atoms with E-state index in [2.05, 4.69) is 0 Å². The molecular formula is C13H8Cl2O2S. The van der Waals surface area contributed by atoms with E-state index in [0.29, 0.717) is 32.2 Å². The Morgan fingerprint density at radius 1 is 1.28 bits per heavy atom. The number of carbonyl (C=O) groups excluding carboxylic acids is 1. The van der Waals surface area contributed by atoms with E-state index < -0.39 is 0 Å². The van der Waals surface area contributed by atoms with Gasteiger partial charge in [0.1, 0.15) is 5.75 Å². The quantitative estimate of drug-likeness (QED) is 0.776. The Bertz CT molecular complexity index is 634. The van der Waals surface area contributed by atoms with E-state index in [1.165, 1.54) is 11.3 Å². The van der Waals surface area contributed by atoms with Gasteiger partial charge in [0.25, 0.3) is 0 Å². The Hall–Kier alpha value is -1.03. The second kappa shape index (κ2) is 4.57. The molecule has 18 heavy (non-hydrogen) atoms. The number of ketones is 1. The molecule has 0 radical (unpaired) electrons. The Balaban J connectivity index is 2.10. The summed E-state index contributed by atoms with van der Waals surface area (Å²) in [6.07, 6.45) is 0.793. The molecule has 1 aromatic carbocycles. The molecule has 0 unspecified atom stereocenters. The van der Waals surface area contributed by atoms with Gasteiger partial charge in [0.05, 0.1) is 21.4 Å². The molecule has 92 valence electrons. The first-order valence-corrected chi connectivity index (χ1v) is 6.97. The highest BCUT2D eigenvalue weighted by Crippen LogP contribution is 2.35. The molecule has 0 aliphatic carbocycles. The highest BCUT2D eigenvalue weighted by molar-refractivity contribution is 7.18. The van der Waals surface area contributed by atoms with Crippen LogP contribution in [0.1, 0.15) is 20.8 Å². The van der Waals surface area contributed by atoms with Crippen molar-refractivity contribution in [2.75, 3.05) is 6.61 Å². The number of thiophene rings is 1. The van der Waals surface area contributed by atoms with Crippen LogP contribution < -0.4 is 4.74 Å². The topological polar surface area (TPSA) is 26.3 Å². The Kier molecular flexibility index (Phi) is 3.06. The van der Waals surface area contributed by atoms with E-state index in [4.69, 9.17) is 27.9 Å². The van der Waals surface area contributed by atoms with Crippen LogP contribution >= 0.6 is 34.5 Å². The van der Waals surface area contributed by atoms with Crippen LogP contribution in [0.5, 0.6) is 5.75 Å². The van der Waals surface area contributed by atoms with Crippen LogP contribution in [0, 0.1) is 0 Å². The van der Waals surface area contributed by atoms with Gasteiger partial charge in [-0.1, -0.05) is 23.2 Å². The predicted octanol–water partition coefficient (Wildman–Crippen LogP) is 4.22. The molecule has 3 rings (SSSR count). The number of halogens is 2. The second-order valence-electron chi connectivity index (χ2n) is 3.97.